The highest BCUT2D eigenvalue weighted by Crippen LogP contribution is 2.28. The number of esters is 1. The summed E-state index contributed by atoms with van der Waals surface area (Å²) in [7, 11) is 0. The van der Waals surface area contributed by atoms with Crippen LogP contribution in [0.3, 0.4) is 0 Å². The van der Waals surface area contributed by atoms with Gasteiger partial charge in [-0.15, -0.1) is 0 Å². The van der Waals surface area contributed by atoms with Gasteiger partial charge in [0, 0.05) is 18.5 Å². The second-order valence-electron chi connectivity index (χ2n) is 8.39. The Labute approximate surface area is 215 Å². The van der Waals surface area contributed by atoms with E-state index in [-0.39, 0.29) is 30.9 Å². The molecule has 37 heavy (non-hydrogen) atoms. The highest BCUT2D eigenvalue weighted by Gasteiger charge is 2.24. The smallest absolute Gasteiger partial charge is 0.408 e. The number of halogens is 1. The molecule has 9 heteroatoms. The van der Waals surface area contributed by atoms with E-state index in [1.807, 2.05) is 25.1 Å². The molecule has 0 aromatic heterocycles. The molecule has 0 heterocycles. The van der Waals surface area contributed by atoms with Crippen LogP contribution < -0.4 is 21.1 Å². The standard InChI is InChI=1S/C28H30FN3O5/c1-2-3-12-25(33)37-26-22(29)10-7-11-23(26)31-27(34)24(17-19-13-15-21(30)16-14-19)32-28(35)36-18-20-8-5-4-6-9-20/h4-11,13-16,24H,2-3,12,17-18,30H2,1H3,(H,31,34)(H,32,35)/t24-/m0/s1. The summed E-state index contributed by atoms with van der Waals surface area (Å²) in [4.78, 5) is 37.9. The number of hydrogen-bond acceptors (Lipinski definition) is 6. The van der Waals surface area contributed by atoms with Crippen LogP contribution in [0.25, 0.3) is 0 Å². The maximum absolute atomic E-state index is 14.5. The maximum atomic E-state index is 14.5. The summed E-state index contributed by atoms with van der Waals surface area (Å²) >= 11 is 0. The molecule has 4 N–H and O–H groups in total. The Kier molecular flexibility index (Phi) is 10.0. The van der Waals surface area contributed by atoms with Gasteiger partial charge in [-0.2, -0.15) is 0 Å². The minimum absolute atomic E-state index is 0.0185. The van der Waals surface area contributed by atoms with E-state index in [0.29, 0.717) is 12.1 Å². The first-order valence-corrected chi connectivity index (χ1v) is 12.0. The van der Waals surface area contributed by atoms with Crippen molar-refractivity contribution in [3.63, 3.8) is 0 Å². The third-order valence-electron chi connectivity index (χ3n) is 5.42. The molecular weight excluding hydrogens is 477 g/mol. The number of benzene rings is 3. The van der Waals surface area contributed by atoms with Crippen LogP contribution >= 0.6 is 0 Å². The van der Waals surface area contributed by atoms with Gasteiger partial charge in [0.1, 0.15) is 12.6 Å². The topological polar surface area (TPSA) is 120 Å². The SMILES string of the molecule is CCCCC(=O)Oc1c(F)cccc1NC(=O)[C@H](Cc1ccc(N)cc1)NC(=O)OCc1ccccc1. The van der Waals surface area contributed by atoms with E-state index in [1.54, 1.807) is 36.4 Å². The van der Waals surface area contributed by atoms with Crippen molar-refractivity contribution in [3.8, 4) is 5.75 Å². The number of ether oxygens (including phenoxy) is 2. The number of carbonyl (C=O) groups excluding carboxylic acids is 3. The molecule has 0 unspecified atom stereocenters. The number of amides is 2. The second-order valence-corrected chi connectivity index (χ2v) is 8.39. The molecule has 8 nitrogen and oxygen atoms in total. The monoisotopic (exact) mass is 507 g/mol. The predicted molar refractivity (Wildman–Crippen MR) is 138 cm³/mol. The zero-order valence-electron chi connectivity index (χ0n) is 20.5. The maximum Gasteiger partial charge on any atom is 0.408 e. The van der Waals surface area contributed by atoms with E-state index in [4.69, 9.17) is 15.2 Å². The van der Waals surface area contributed by atoms with Gasteiger partial charge in [0.15, 0.2) is 11.6 Å². The van der Waals surface area contributed by atoms with Crippen molar-refractivity contribution in [2.24, 2.45) is 0 Å². The zero-order valence-corrected chi connectivity index (χ0v) is 20.5. The van der Waals surface area contributed by atoms with Crippen LogP contribution in [0, 0.1) is 5.82 Å². The molecule has 0 radical (unpaired) electrons. The van der Waals surface area contributed by atoms with Crippen molar-refractivity contribution in [3.05, 3.63) is 89.7 Å². The molecule has 0 aliphatic rings. The summed E-state index contributed by atoms with van der Waals surface area (Å²) in [6.45, 7) is 1.94. The van der Waals surface area contributed by atoms with Crippen molar-refractivity contribution in [2.45, 2.75) is 45.3 Å². The first-order chi connectivity index (χ1) is 17.9. The van der Waals surface area contributed by atoms with Crippen molar-refractivity contribution in [1.29, 1.82) is 0 Å². The van der Waals surface area contributed by atoms with E-state index in [2.05, 4.69) is 10.6 Å². The Morgan fingerprint density at radius 1 is 0.946 bits per heavy atom. The van der Waals surface area contributed by atoms with E-state index in [1.165, 1.54) is 12.1 Å². The van der Waals surface area contributed by atoms with Gasteiger partial charge in [0.05, 0.1) is 5.69 Å². The van der Waals surface area contributed by atoms with Gasteiger partial charge in [-0.1, -0.05) is 61.9 Å². The molecule has 0 fully saturated rings. The summed E-state index contributed by atoms with van der Waals surface area (Å²) in [6, 6.07) is 18.8. The fourth-order valence-electron chi connectivity index (χ4n) is 3.42. The van der Waals surface area contributed by atoms with Crippen LogP contribution in [0.1, 0.15) is 37.3 Å². The number of para-hydroxylation sites is 1. The lowest BCUT2D eigenvalue weighted by Gasteiger charge is -2.20. The number of alkyl carbamates (subject to hydrolysis) is 1. The molecule has 3 aromatic rings. The zero-order chi connectivity index (χ0) is 26.6. The van der Waals surface area contributed by atoms with Crippen LogP contribution in [0.15, 0.2) is 72.8 Å². The summed E-state index contributed by atoms with van der Waals surface area (Å²) in [6.07, 6.45) is 0.785. The van der Waals surface area contributed by atoms with Crippen LogP contribution in [0.5, 0.6) is 5.75 Å². The molecule has 0 saturated heterocycles. The average molecular weight is 508 g/mol. The molecular formula is C28H30FN3O5. The van der Waals surface area contributed by atoms with Crippen molar-refractivity contribution in [1.82, 2.24) is 5.32 Å². The lowest BCUT2D eigenvalue weighted by molar-refractivity contribution is -0.134. The van der Waals surface area contributed by atoms with E-state index < -0.39 is 29.8 Å². The molecule has 194 valence electrons. The van der Waals surface area contributed by atoms with E-state index >= 15 is 0 Å². The normalized spacial score (nSPS) is 11.3. The minimum Gasteiger partial charge on any atom is -0.445 e. The molecule has 0 aliphatic heterocycles. The molecule has 1 atom stereocenters. The fraction of sp³-hybridized carbons (Fsp3) is 0.250. The first kappa shape index (κ1) is 27.2. The molecule has 0 bridgehead atoms. The summed E-state index contributed by atoms with van der Waals surface area (Å²) < 4.78 is 25.0. The van der Waals surface area contributed by atoms with Gasteiger partial charge in [-0.3, -0.25) is 9.59 Å². The fourth-order valence-corrected chi connectivity index (χ4v) is 3.42. The number of unbranched alkanes of at least 4 members (excludes halogenated alkanes) is 1. The van der Waals surface area contributed by atoms with Crippen LogP contribution in [0.4, 0.5) is 20.6 Å². The molecule has 0 aliphatic carbocycles. The highest BCUT2D eigenvalue weighted by atomic mass is 19.1. The predicted octanol–water partition coefficient (Wildman–Crippen LogP) is 4.98. The van der Waals surface area contributed by atoms with E-state index in [9.17, 15) is 18.8 Å². The van der Waals surface area contributed by atoms with Gasteiger partial charge in [-0.25, -0.2) is 9.18 Å². The molecule has 3 rings (SSSR count). The Morgan fingerprint density at radius 3 is 2.38 bits per heavy atom. The number of hydrogen-bond donors (Lipinski definition) is 3. The number of nitrogens with two attached hydrogens (primary N) is 1. The Bertz CT molecular complexity index is 1200. The largest absolute Gasteiger partial charge is 0.445 e. The third kappa shape index (κ3) is 8.64. The van der Waals surface area contributed by atoms with Crippen molar-refractivity contribution in [2.75, 3.05) is 11.1 Å². The number of nitrogen functional groups attached to an aromatic ring is 1. The Balaban J connectivity index is 1.75. The number of nitrogens with one attached hydrogen (secondary N) is 2. The van der Waals surface area contributed by atoms with Crippen LogP contribution in [-0.2, 0) is 27.4 Å². The van der Waals surface area contributed by atoms with Gasteiger partial charge in [-0.05, 0) is 41.8 Å². The second kappa shape index (κ2) is 13.6. The average Bonchev–Trinajstić information content (AvgIpc) is 2.89. The Morgan fingerprint density at radius 2 is 1.68 bits per heavy atom. The molecule has 0 spiro atoms. The Hall–Kier alpha value is -4.40. The van der Waals surface area contributed by atoms with Crippen LogP contribution in [0.2, 0.25) is 0 Å². The van der Waals surface area contributed by atoms with Crippen molar-refractivity contribution >= 4 is 29.3 Å². The summed E-state index contributed by atoms with van der Waals surface area (Å²) in [5.74, 6) is -2.43. The van der Waals surface area contributed by atoms with Gasteiger partial charge >= 0.3 is 12.1 Å². The molecule has 3 aromatic carbocycles. The van der Waals surface area contributed by atoms with Crippen LogP contribution in [-0.4, -0.2) is 24.0 Å². The summed E-state index contributed by atoms with van der Waals surface area (Å²) in [5, 5.41) is 5.14. The lowest BCUT2D eigenvalue weighted by atomic mass is 10.0. The van der Waals surface area contributed by atoms with Gasteiger partial charge < -0.3 is 25.8 Å². The number of carbonyl (C=O) groups is 3. The van der Waals surface area contributed by atoms with Gasteiger partial charge in [0.2, 0.25) is 5.91 Å². The first-order valence-electron chi connectivity index (χ1n) is 12.0. The molecule has 0 saturated carbocycles. The quantitative estimate of drug-likeness (QED) is 0.191. The highest BCUT2D eigenvalue weighted by molar-refractivity contribution is 5.98. The third-order valence-corrected chi connectivity index (χ3v) is 5.42. The minimum atomic E-state index is -1.08. The van der Waals surface area contributed by atoms with E-state index in [0.717, 1.165) is 23.6 Å². The summed E-state index contributed by atoms with van der Waals surface area (Å²) in [5.41, 5.74) is 7.78. The number of anilines is 2. The lowest BCUT2D eigenvalue weighted by Crippen LogP contribution is -2.45. The molecule has 2 amide bonds. The van der Waals surface area contributed by atoms with Crippen molar-refractivity contribution < 1.29 is 28.2 Å². The number of rotatable bonds is 11. The van der Waals surface area contributed by atoms with Gasteiger partial charge in [0.25, 0.3) is 0 Å².